The third-order valence-corrected chi connectivity index (χ3v) is 7.30. The molecule has 2 aromatic rings. The Labute approximate surface area is 184 Å². The van der Waals surface area contributed by atoms with Gasteiger partial charge in [0.1, 0.15) is 0 Å². The lowest BCUT2D eigenvalue weighted by Crippen LogP contribution is -2.32. The molecule has 154 valence electrons. The molecule has 1 saturated heterocycles. The van der Waals surface area contributed by atoms with E-state index in [0.29, 0.717) is 17.8 Å². The van der Waals surface area contributed by atoms with Gasteiger partial charge in [-0.15, -0.1) is 0 Å². The second-order valence-electron chi connectivity index (χ2n) is 8.88. The average Bonchev–Trinajstić information content (AvgIpc) is 3.12. The Morgan fingerprint density at radius 1 is 1.17 bits per heavy atom. The minimum atomic E-state index is 0.331. The number of fused-ring (bicyclic) bond motifs is 2. The minimum Gasteiger partial charge on any atom is -0.317 e. The van der Waals surface area contributed by atoms with Crippen LogP contribution in [-0.2, 0) is 0 Å². The van der Waals surface area contributed by atoms with Crippen molar-refractivity contribution in [3.63, 3.8) is 0 Å². The molecule has 0 amide bonds. The molecule has 3 heteroatoms. The maximum atomic E-state index is 6.45. The fourth-order valence-corrected chi connectivity index (χ4v) is 5.60. The van der Waals surface area contributed by atoms with E-state index in [1.54, 1.807) is 0 Å². The molecule has 2 aliphatic carbocycles. The van der Waals surface area contributed by atoms with Gasteiger partial charge in [0.05, 0.1) is 5.69 Å². The number of pyridine rings is 1. The zero-order valence-electron chi connectivity index (χ0n) is 17.6. The van der Waals surface area contributed by atoms with Crippen molar-refractivity contribution >= 4 is 23.3 Å². The Kier molecular flexibility index (Phi) is 5.62. The lowest BCUT2D eigenvalue weighted by atomic mass is 9.76. The lowest BCUT2D eigenvalue weighted by Gasteiger charge is -2.32. The number of allylic oxidation sites excluding steroid dienone is 5. The number of nitrogens with zero attached hydrogens (tertiary/aromatic N) is 1. The van der Waals surface area contributed by atoms with Crippen molar-refractivity contribution in [3.05, 3.63) is 87.7 Å². The summed E-state index contributed by atoms with van der Waals surface area (Å²) in [6, 6.07) is 10.8. The van der Waals surface area contributed by atoms with Crippen LogP contribution in [0.5, 0.6) is 0 Å². The molecule has 0 saturated carbocycles. The SMILES string of the molecule is CC1=CC=CC1CCC1=Cc2cc(Cl)ccc2C(C2CCNCC2)c2ncccc21. The normalized spacial score (nSPS) is 23.4. The van der Waals surface area contributed by atoms with Crippen LogP contribution in [0.25, 0.3) is 11.6 Å². The van der Waals surface area contributed by atoms with Crippen LogP contribution >= 0.6 is 11.6 Å². The van der Waals surface area contributed by atoms with Crippen LogP contribution in [0.2, 0.25) is 5.02 Å². The summed E-state index contributed by atoms with van der Waals surface area (Å²) < 4.78 is 0. The molecule has 30 heavy (non-hydrogen) atoms. The van der Waals surface area contributed by atoms with E-state index in [1.165, 1.54) is 46.4 Å². The molecule has 2 heterocycles. The van der Waals surface area contributed by atoms with Crippen LogP contribution < -0.4 is 5.32 Å². The molecule has 1 aromatic heterocycles. The van der Waals surface area contributed by atoms with E-state index in [4.69, 9.17) is 16.6 Å². The zero-order valence-corrected chi connectivity index (χ0v) is 18.3. The van der Waals surface area contributed by atoms with Crippen molar-refractivity contribution in [2.75, 3.05) is 13.1 Å². The van der Waals surface area contributed by atoms with Gasteiger partial charge in [-0.05, 0) is 98.0 Å². The molecule has 2 unspecified atom stereocenters. The summed E-state index contributed by atoms with van der Waals surface area (Å²) in [6.07, 6.45) is 15.7. The average molecular weight is 417 g/mol. The van der Waals surface area contributed by atoms with Gasteiger partial charge in [0, 0.05) is 17.1 Å². The number of rotatable bonds is 4. The quantitative estimate of drug-likeness (QED) is 0.604. The van der Waals surface area contributed by atoms with Crippen LogP contribution in [0.1, 0.15) is 60.9 Å². The predicted octanol–water partition coefficient (Wildman–Crippen LogP) is 6.63. The van der Waals surface area contributed by atoms with Gasteiger partial charge in [-0.3, -0.25) is 4.98 Å². The molecule has 3 aliphatic rings. The van der Waals surface area contributed by atoms with Crippen LogP contribution in [0.3, 0.4) is 0 Å². The lowest BCUT2D eigenvalue weighted by molar-refractivity contribution is 0.339. The summed E-state index contributed by atoms with van der Waals surface area (Å²) in [5.74, 6) is 1.49. The number of hydrogen-bond acceptors (Lipinski definition) is 2. The van der Waals surface area contributed by atoms with Crippen LogP contribution in [0.15, 0.2) is 60.3 Å². The molecule has 1 fully saturated rings. The fraction of sp³-hybridized carbons (Fsp3) is 0.370. The van der Waals surface area contributed by atoms with Crippen molar-refractivity contribution in [3.8, 4) is 0 Å². The van der Waals surface area contributed by atoms with Crippen molar-refractivity contribution in [1.82, 2.24) is 10.3 Å². The van der Waals surface area contributed by atoms with Crippen LogP contribution in [0, 0.1) is 11.8 Å². The molecule has 2 atom stereocenters. The first kappa shape index (κ1) is 19.8. The molecule has 1 aliphatic heterocycles. The first-order valence-corrected chi connectivity index (χ1v) is 11.6. The van der Waals surface area contributed by atoms with Crippen LogP contribution in [0.4, 0.5) is 0 Å². The van der Waals surface area contributed by atoms with Crippen molar-refractivity contribution in [2.24, 2.45) is 11.8 Å². The Morgan fingerprint density at radius 2 is 2.03 bits per heavy atom. The Balaban J connectivity index is 1.59. The van der Waals surface area contributed by atoms with Crippen molar-refractivity contribution < 1.29 is 0 Å². The summed E-state index contributed by atoms with van der Waals surface area (Å²) in [7, 11) is 0. The van der Waals surface area contributed by atoms with E-state index in [1.807, 2.05) is 12.3 Å². The highest BCUT2D eigenvalue weighted by atomic mass is 35.5. The number of nitrogens with one attached hydrogen (secondary N) is 1. The van der Waals surface area contributed by atoms with Crippen molar-refractivity contribution in [1.29, 1.82) is 0 Å². The van der Waals surface area contributed by atoms with Gasteiger partial charge >= 0.3 is 0 Å². The van der Waals surface area contributed by atoms with Gasteiger partial charge in [-0.25, -0.2) is 0 Å². The van der Waals surface area contributed by atoms with Crippen molar-refractivity contribution in [2.45, 2.75) is 38.5 Å². The highest BCUT2D eigenvalue weighted by molar-refractivity contribution is 6.30. The molecule has 0 radical (unpaired) electrons. The number of aromatic nitrogens is 1. The largest absolute Gasteiger partial charge is 0.317 e. The predicted molar refractivity (Wildman–Crippen MR) is 127 cm³/mol. The van der Waals surface area contributed by atoms with E-state index < -0.39 is 0 Å². The first-order chi connectivity index (χ1) is 14.7. The molecule has 0 bridgehead atoms. The number of hydrogen-bond donors (Lipinski definition) is 1. The molecule has 1 N–H and O–H groups in total. The standard InChI is InChI=1S/C27H29ClN2/c1-18-4-2-5-19(18)7-8-21-16-22-17-23(28)9-10-24(22)26(20-11-14-29-15-12-20)27-25(21)6-3-13-30-27/h2-6,9-10,13,16-17,19-20,26,29H,7-8,11-12,14-15H2,1H3. The van der Waals surface area contributed by atoms with Gasteiger partial charge < -0.3 is 5.32 Å². The van der Waals surface area contributed by atoms with Gasteiger partial charge in [-0.1, -0.05) is 53.6 Å². The summed E-state index contributed by atoms with van der Waals surface area (Å²) in [4.78, 5) is 4.98. The fourth-order valence-electron chi connectivity index (χ4n) is 5.42. The molecule has 5 rings (SSSR count). The summed E-state index contributed by atoms with van der Waals surface area (Å²) in [5.41, 5.74) is 8.10. The summed E-state index contributed by atoms with van der Waals surface area (Å²) >= 11 is 6.45. The highest BCUT2D eigenvalue weighted by Crippen LogP contribution is 2.45. The monoisotopic (exact) mass is 416 g/mol. The second kappa shape index (κ2) is 8.53. The van der Waals surface area contributed by atoms with Gasteiger partial charge in [0.15, 0.2) is 0 Å². The Hall–Kier alpha value is -2.16. The maximum Gasteiger partial charge on any atom is 0.0556 e. The smallest absolute Gasteiger partial charge is 0.0556 e. The third-order valence-electron chi connectivity index (χ3n) is 7.06. The van der Waals surface area contributed by atoms with E-state index in [0.717, 1.165) is 31.0 Å². The molecular formula is C27H29ClN2. The highest BCUT2D eigenvalue weighted by Gasteiger charge is 2.33. The third kappa shape index (κ3) is 3.79. The topological polar surface area (TPSA) is 24.9 Å². The van der Waals surface area contributed by atoms with E-state index in [2.05, 4.69) is 60.8 Å². The van der Waals surface area contributed by atoms with Gasteiger partial charge in [-0.2, -0.15) is 0 Å². The van der Waals surface area contributed by atoms with Gasteiger partial charge in [0.25, 0.3) is 0 Å². The van der Waals surface area contributed by atoms with E-state index >= 15 is 0 Å². The molecule has 0 spiro atoms. The van der Waals surface area contributed by atoms with Crippen LogP contribution in [-0.4, -0.2) is 18.1 Å². The zero-order chi connectivity index (χ0) is 20.5. The number of piperidine rings is 1. The Bertz CT molecular complexity index is 1030. The summed E-state index contributed by atoms with van der Waals surface area (Å²) in [5, 5.41) is 4.33. The minimum absolute atomic E-state index is 0.331. The van der Waals surface area contributed by atoms with E-state index in [9.17, 15) is 0 Å². The summed E-state index contributed by atoms with van der Waals surface area (Å²) in [6.45, 7) is 4.42. The van der Waals surface area contributed by atoms with Gasteiger partial charge in [0.2, 0.25) is 0 Å². The number of benzene rings is 1. The second-order valence-corrected chi connectivity index (χ2v) is 9.32. The molecular weight excluding hydrogens is 388 g/mol. The number of halogens is 1. The molecule has 1 aromatic carbocycles. The molecule has 2 nitrogen and oxygen atoms in total. The maximum absolute atomic E-state index is 6.45. The first-order valence-electron chi connectivity index (χ1n) is 11.2. The Morgan fingerprint density at radius 3 is 2.83 bits per heavy atom. The van der Waals surface area contributed by atoms with E-state index in [-0.39, 0.29) is 0 Å².